The molecule has 5 N–H and O–H groups in total. The molecule has 0 saturated heterocycles. The van der Waals surface area contributed by atoms with Crippen LogP contribution in [0.2, 0.25) is 0 Å². The lowest BCUT2D eigenvalue weighted by molar-refractivity contribution is 0.0519. The maximum Gasteiger partial charge on any atom is 0.344 e. The molecule has 21 heavy (non-hydrogen) atoms. The number of nitrogen functional groups attached to an aromatic ring is 1. The van der Waals surface area contributed by atoms with Crippen molar-refractivity contribution in [3.8, 4) is 5.75 Å². The van der Waals surface area contributed by atoms with Gasteiger partial charge in [-0.05, 0) is 19.9 Å². The van der Waals surface area contributed by atoms with Gasteiger partial charge in [-0.25, -0.2) is 9.59 Å². The highest BCUT2D eigenvalue weighted by Crippen LogP contribution is 2.32. The highest BCUT2D eigenvalue weighted by Gasteiger charge is 2.27. The Hall–Kier alpha value is -2.77. The first-order valence-electron chi connectivity index (χ1n) is 6.14. The van der Waals surface area contributed by atoms with Gasteiger partial charge in [0, 0.05) is 0 Å². The van der Waals surface area contributed by atoms with Crippen LogP contribution in [-0.4, -0.2) is 36.2 Å². The molecule has 1 amide bonds. The number of aromatic hydroxyl groups is 1. The van der Waals surface area contributed by atoms with E-state index in [2.05, 4.69) is 0 Å². The maximum absolute atomic E-state index is 11.8. The molecule has 0 aliphatic carbocycles. The second-order valence-electron chi connectivity index (χ2n) is 3.91. The smallest absolute Gasteiger partial charge is 0.344 e. The van der Waals surface area contributed by atoms with Crippen LogP contribution in [0.4, 0.5) is 5.69 Å². The Morgan fingerprint density at radius 2 is 1.62 bits per heavy atom. The average Bonchev–Trinajstić information content (AvgIpc) is 2.38. The number of carbonyl (C=O) groups excluding carboxylic acids is 3. The molecule has 0 bridgehead atoms. The van der Waals surface area contributed by atoms with Gasteiger partial charge in [-0.3, -0.25) is 4.79 Å². The Morgan fingerprint density at radius 1 is 1.10 bits per heavy atom. The first-order valence-corrected chi connectivity index (χ1v) is 6.14. The topological polar surface area (TPSA) is 142 Å². The molecule has 0 fully saturated rings. The summed E-state index contributed by atoms with van der Waals surface area (Å²) in [7, 11) is 0. The molecule has 0 saturated carbocycles. The molecule has 1 aromatic rings. The van der Waals surface area contributed by atoms with Crippen LogP contribution in [0.15, 0.2) is 6.07 Å². The molecule has 0 radical (unpaired) electrons. The minimum absolute atomic E-state index is 0.0211. The third-order valence-electron chi connectivity index (χ3n) is 2.58. The summed E-state index contributed by atoms with van der Waals surface area (Å²) in [5.41, 5.74) is 9.28. The van der Waals surface area contributed by atoms with Crippen LogP contribution >= 0.6 is 0 Å². The predicted octanol–water partition coefficient (Wildman–Crippen LogP) is 0.427. The van der Waals surface area contributed by atoms with E-state index in [-0.39, 0.29) is 30.0 Å². The van der Waals surface area contributed by atoms with Crippen molar-refractivity contribution in [2.45, 2.75) is 13.8 Å². The number of nitrogens with two attached hydrogens (primary N) is 2. The van der Waals surface area contributed by atoms with Crippen molar-refractivity contribution in [2.75, 3.05) is 18.9 Å². The first kappa shape index (κ1) is 16.3. The van der Waals surface area contributed by atoms with Gasteiger partial charge in [-0.2, -0.15) is 0 Å². The molecule has 1 rings (SSSR count). The van der Waals surface area contributed by atoms with Gasteiger partial charge in [0.1, 0.15) is 16.9 Å². The normalized spacial score (nSPS) is 10.0. The molecule has 114 valence electrons. The van der Waals surface area contributed by atoms with E-state index in [9.17, 15) is 19.5 Å². The van der Waals surface area contributed by atoms with Crippen LogP contribution in [0.25, 0.3) is 0 Å². The quantitative estimate of drug-likeness (QED) is 0.528. The third-order valence-corrected chi connectivity index (χ3v) is 2.58. The standard InChI is InChI=1S/C13H16N2O6/c1-3-20-12(18)7-5-6(11(15)17)9(14)8(10(7)16)13(19)21-4-2/h5,16H,3-4,14H2,1-2H3,(H2,15,17). The van der Waals surface area contributed by atoms with E-state index in [0.717, 1.165) is 6.07 Å². The molecule has 1 aromatic carbocycles. The van der Waals surface area contributed by atoms with Gasteiger partial charge in [-0.1, -0.05) is 0 Å². The number of rotatable bonds is 5. The van der Waals surface area contributed by atoms with E-state index >= 15 is 0 Å². The van der Waals surface area contributed by atoms with E-state index in [1.807, 2.05) is 0 Å². The average molecular weight is 296 g/mol. The zero-order valence-corrected chi connectivity index (χ0v) is 11.6. The van der Waals surface area contributed by atoms with Crippen molar-refractivity contribution in [1.29, 1.82) is 0 Å². The van der Waals surface area contributed by atoms with Gasteiger partial charge in [-0.15, -0.1) is 0 Å². The van der Waals surface area contributed by atoms with E-state index in [1.165, 1.54) is 0 Å². The minimum atomic E-state index is -0.971. The second-order valence-corrected chi connectivity index (χ2v) is 3.91. The predicted molar refractivity (Wildman–Crippen MR) is 73.0 cm³/mol. The second kappa shape index (κ2) is 6.60. The maximum atomic E-state index is 11.8. The van der Waals surface area contributed by atoms with E-state index < -0.39 is 29.2 Å². The zero-order valence-electron chi connectivity index (χ0n) is 11.6. The lowest BCUT2D eigenvalue weighted by Gasteiger charge is -2.13. The number of hydrogen-bond acceptors (Lipinski definition) is 7. The number of esters is 2. The van der Waals surface area contributed by atoms with Crippen LogP contribution in [0, 0.1) is 0 Å². The summed E-state index contributed by atoms with van der Waals surface area (Å²) in [6.07, 6.45) is 0. The van der Waals surface area contributed by atoms with Crippen LogP contribution in [0.5, 0.6) is 5.75 Å². The molecular weight excluding hydrogens is 280 g/mol. The van der Waals surface area contributed by atoms with Crippen molar-refractivity contribution in [1.82, 2.24) is 0 Å². The van der Waals surface area contributed by atoms with Crippen molar-refractivity contribution >= 4 is 23.5 Å². The lowest BCUT2D eigenvalue weighted by atomic mass is 10.0. The molecule has 0 aliphatic rings. The Morgan fingerprint density at radius 3 is 2.10 bits per heavy atom. The van der Waals surface area contributed by atoms with Crippen LogP contribution in [-0.2, 0) is 9.47 Å². The van der Waals surface area contributed by atoms with Crippen molar-refractivity contribution in [2.24, 2.45) is 5.73 Å². The monoisotopic (exact) mass is 296 g/mol. The Kier molecular flexibility index (Phi) is 5.12. The number of anilines is 1. The van der Waals surface area contributed by atoms with Crippen LogP contribution in [0.3, 0.4) is 0 Å². The number of amides is 1. The number of phenols is 1. The fourth-order valence-corrected chi connectivity index (χ4v) is 1.67. The van der Waals surface area contributed by atoms with E-state index in [1.54, 1.807) is 13.8 Å². The van der Waals surface area contributed by atoms with Crippen LogP contribution < -0.4 is 11.5 Å². The summed E-state index contributed by atoms with van der Waals surface area (Å²) in [6, 6.07) is 0.980. The molecule has 0 unspecified atom stereocenters. The van der Waals surface area contributed by atoms with Crippen molar-refractivity contribution in [3.63, 3.8) is 0 Å². The first-order chi connectivity index (χ1) is 9.84. The van der Waals surface area contributed by atoms with Gasteiger partial charge in [0.2, 0.25) is 0 Å². The summed E-state index contributed by atoms with van der Waals surface area (Å²) in [5, 5.41) is 10.0. The lowest BCUT2D eigenvalue weighted by Crippen LogP contribution is -2.19. The molecule has 0 aliphatic heterocycles. The van der Waals surface area contributed by atoms with Gasteiger partial charge >= 0.3 is 11.9 Å². The number of primary amides is 1. The highest BCUT2D eigenvalue weighted by molar-refractivity contribution is 6.10. The van der Waals surface area contributed by atoms with Gasteiger partial charge < -0.3 is 26.0 Å². The Labute approximate surface area is 120 Å². The number of ether oxygens (including phenoxy) is 2. The molecule has 0 spiro atoms. The molecular formula is C13H16N2O6. The molecule has 0 atom stereocenters. The molecule has 8 nitrogen and oxygen atoms in total. The fourth-order valence-electron chi connectivity index (χ4n) is 1.67. The van der Waals surface area contributed by atoms with E-state index in [4.69, 9.17) is 20.9 Å². The van der Waals surface area contributed by atoms with Gasteiger partial charge in [0.25, 0.3) is 5.91 Å². The Bertz CT molecular complexity index is 597. The highest BCUT2D eigenvalue weighted by atomic mass is 16.5. The van der Waals surface area contributed by atoms with Crippen molar-refractivity contribution in [3.05, 3.63) is 22.8 Å². The summed E-state index contributed by atoms with van der Waals surface area (Å²) in [4.78, 5) is 34.9. The summed E-state index contributed by atoms with van der Waals surface area (Å²) in [6.45, 7) is 3.18. The number of benzene rings is 1. The molecule has 0 heterocycles. The van der Waals surface area contributed by atoms with Crippen molar-refractivity contribution < 1.29 is 29.0 Å². The fraction of sp³-hybridized carbons (Fsp3) is 0.308. The molecule has 8 heteroatoms. The summed E-state index contributed by atoms with van der Waals surface area (Å²) < 4.78 is 9.47. The van der Waals surface area contributed by atoms with Gasteiger partial charge in [0.15, 0.2) is 0 Å². The number of carbonyl (C=O) groups is 3. The number of phenolic OH excluding ortho intramolecular Hbond substituents is 1. The summed E-state index contributed by atoms with van der Waals surface area (Å²) >= 11 is 0. The van der Waals surface area contributed by atoms with Gasteiger partial charge in [0.05, 0.1) is 24.5 Å². The van der Waals surface area contributed by atoms with Crippen LogP contribution in [0.1, 0.15) is 44.9 Å². The molecule has 0 aromatic heterocycles. The third kappa shape index (κ3) is 3.22. The largest absolute Gasteiger partial charge is 0.506 e. The SMILES string of the molecule is CCOC(=O)c1cc(C(N)=O)c(N)c(C(=O)OCC)c1O. The Balaban J connectivity index is 3.57. The number of hydrogen-bond donors (Lipinski definition) is 3. The zero-order chi connectivity index (χ0) is 16.2. The summed E-state index contributed by atoms with van der Waals surface area (Å²) in [5.74, 6) is -3.55. The minimum Gasteiger partial charge on any atom is -0.506 e. The van der Waals surface area contributed by atoms with E-state index in [0.29, 0.717) is 0 Å².